The van der Waals surface area contributed by atoms with Gasteiger partial charge in [-0.1, -0.05) is 24.0 Å². The number of nitrogens with one attached hydrogen (secondary N) is 1. The van der Waals surface area contributed by atoms with Crippen LogP contribution in [0, 0.1) is 11.8 Å². The fourth-order valence-corrected chi connectivity index (χ4v) is 2.36. The van der Waals surface area contributed by atoms with Gasteiger partial charge >= 0.3 is 0 Å². The van der Waals surface area contributed by atoms with E-state index < -0.39 is 0 Å². The zero-order chi connectivity index (χ0) is 15.1. The minimum Gasteiger partial charge on any atom is -0.384 e. The van der Waals surface area contributed by atoms with Crippen LogP contribution in [-0.4, -0.2) is 30.3 Å². The van der Waals surface area contributed by atoms with E-state index in [1.807, 2.05) is 31.2 Å². The van der Waals surface area contributed by atoms with Crippen molar-refractivity contribution in [1.82, 2.24) is 5.32 Å². The molecule has 0 saturated carbocycles. The maximum atomic E-state index is 12.1. The molecule has 0 aromatic heterocycles. The Morgan fingerprint density at radius 1 is 1.52 bits per heavy atom. The van der Waals surface area contributed by atoms with E-state index in [2.05, 4.69) is 17.2 Å². The summed E-state index contributed by atoms with van der Waals surface area (Å²) in [6.07, 6.45) is 2.54. The normalized spacial score (nSPS) is 19.2. The summed E-state index contributed by atoms with van der Waals surface area (Å²) >= 11 is 0. The third kappa shape index (κ3) is 4.59. The second kappa shape index (κ2) is 7.82. The molecule has 2 N–H and O–H groups in total. The Morgan fingerprint density at radius 3 is 3.10 bits per heavy atom. The molecule has 4 heteroatoms. The van der Waals surface area contributed by atoms with Crippen molar-refractivity contribution >= 4 is 5.91 Å². The quantitative estimate of drug-likeness (QED) is 0.833. The van der Waals surface area contributed by atoms with E-state index in [-0.39, 0.29) is 24.7 Å². The molecule has 112 valence electrons. The number of rotatable bonds is 3. The van der Waals surface area contributed by atoms with Crippen molar-refractivity contribution in [2.24, 2.45) is 0 Å². The Hall–Kier alpha value is -1.83. The molecule has 1 aliphatic heterocycles. The molecule has 4 nitrogen and oxygen atoms in total. The van der Waals surface area contributed by atoms with Crippen LogP contribution in [0.2, 0.25) is 0 Å². The highest BCUT2D eigenvalue weighted by atomic mass is 16.5. The zero-order valence-electron chi connectivity index (χ0n) is 12.3. The Kier molecular flexibility index (Phi) is 5.79. The highest BCUT2D eigenvalue weighted by Gasteiger charge is 2.23. The fraction of sp³-hybridized carbons (Fsp3) is 0.471. The van der Waals surface area contributed by atoms with Gasteiger partial charge in [0.25, 0.3) is 0 Å². The van der Waals surface area contributed by atoms with E-state index in [9.17, 15) is 4.79 Å². The number of benzene rings is 1. The molecule has 2 atom stereocenters. The predicted molar refractivity (Wildman–Crippen MR) is 80.6 cm³/mol. The van der Waals surface area contributed by atoms with Crippen LogP contribution in [-0.2, 0) is 9.53 Å². The molecule has 0 aliphatic carbocycles. The summed E-state index contributed by atoms with van der Waals surface area (Å²) in [7, 11) is 0. The SMILES string of the molecule is CC(NC(=O)C1CCCCO1)c1cccc(C#CCO)c1. The first kappa shape index (κ1) is 15.6. The average molecular weight is 287 g/mol. The first-order chi connectivity index (χ1) is 10.2. The largest absolute Gasteiger partial charge is 0.384 e. The zero-order valence-corrected chi connectivity index (χ0v) is 12.3. The summed E-state index contributed by atoms with van der Waals surface area (Å²) in [5.41, 5.74) is 1.82. The van der Waals surface area contributed by atoms with Gasteiger partial charge in [0.15, 0.2) is 0 Å². The molecule has 0 spiro atoms. The minimum absolute atomic E-state index is 0.0472. The summed E-state index contributed by atoms with van der Waals surface area (Å²) in [6, 6.07) is 7.56. The van der Waals surface area contributed by atoms with Crippen molar-refractivity contribution in [2.75, 3.05) is 13.2 Å². The molecular formula is C17H21NO3. The molecule has 1 amide bonds. The van der Waals surface area contributed by atoms with Crippen LogP contribution in [0.4, 0.5) is 0 Å². The van der Waals surface area contributed by atoms with Gasteiger partial charge in [0, 0.05) is 12.2 Å². The lowest BCUT2D eigenvalue weighted by atomic mass is 10.0. The second-order valence-electron chi connectivity index (χ2n) is 5.17. The number of aliphatic hydroxyl groups is 1. The summed E-state index contributed by atoms with van der Waals surface area (Å²) in [5.74, 6) is 5.44. The van der Waals surface area contributed by atoms with E-state index in [0.29, 0.717) is 6.61 Å². The average Bonchev–Trinajstić information content (AvgIpc) is 2.54. The standard InChI is InChI=1S/C17H21NO3/c1-13(18-17(20)16-9-2-3-11-21-16)15-8-4-6-14(12-15)7-5-10-19/h4,6,8,12-13,16,19H,2-3,9-11H2,1H3,(H,18,20). The van der Waals surface area contributed by atoms with Gasteiger partial charge in [-0.15, -0.1) is 0 Å². The lowest BCUT2D eigenvalue weighted by Crippen LogP contribution is -2.39. The van der Waals surface area contributed by atoms with E-state index in [1.54, 1.807) is 0 Å². The highest BCUT2D eigenvalue weighted by Crippen LogP contribution is 2.17. The fourth-order valence-electron chi connectivity index (χ4n) is 2.36. The van der Waals surface area contributed by atoms with Gasteiger partial charge in [0.05, 0.1) is 6.04 Å². The van der Waals surface area contributed by atoms with Gasteiger partial charge in [-0.25, -0.2) is 0 Å². The third-order valence-corrected chi connectivity index (χ3v) is 3.53. The highest BCUT2D eigenvalue weighted by molar-refractivity contribution is 5.81. The number of ether oxygens (including phenoxy) is 1. The smallest absolute Gasteiger partial charge is 0.249 e. The van der Waals surface area contributed by atoms with Crippen LogP contribution in [0.1, 0.15) is 43.4 Å². The lowest BCUT2D eigenvalue weighted by molar-refractivity contribution is -0.136. The monoisotopic (exact) mass is 287 g/mol. The molecule has 2 rings (SSSR count). The molecule has 1 saturated heterocycles. The number of aliphatic hydroxyl groups excluding tert-OH is 1. The van der Waals surface area contributed by atoms with Crippen molar-refractivity contribution in [3.8, 4) is 11.8 Å². The van der Waals surface area contributed by atoms with Crippen LogP contribution in [0.25, 0.3) is 0 Å². The first-order valence-electron chi connectivity index (χ1n) is 7.32. The van der Waals surface area contributed by atoms with Crippen LogP contribution < -0.4 is 5.32 Å². The molecule has 1 aromatic carbocycles. The molecule has 0 bridgehead atoms. The first-order valence-corrected chi connectivity index (χ1v) is 7.32. The number of carbonyl (C=O) groups excluding carboxylic acids is 1. The summed E-state index contributed by atoms with van der Waals surface area (Å²) in [4.78, 5) is 12.1. The van der Waals surface area contributed by atoms with Gasteiger partial charge < -0.3 is 15.2 Å². The Labute approximate surface area is 125 Å². The third-order valence-electron chi connectivity index (χ3n) is 3.53. The van der Waals surface area contributed by atoms with E-state index in [0.717, 1.165) is 30.4 Å². The molecule has 1 fully saturated rings. The molecular weight excluding hydrogens is 266 g/mol. The molecule has 1 aliphatic rings. The summed E-state index contributed by atoms with van der Waals surface area (Å²) < 4.78 is 5.49. The van der Waals surface area contributed by atoms with Crippen molar-refractivity contribution in [1.29, 1.82) is 0 Å². The maximum Gasteiger partial charge on any atom is 0.249 e. The molecule has 1 aromatic rings. The Morgan fingerprint density at radius 2 is 2.38 bits per heavy atom. The van der Waals surface area contributed by atoms with Crippen molar-refractivity contribution < 1.29 is 14.6 Å². The number of amides is 1. The topological polar surface area (TPSA) is 58.6 Å². The minimum atomic E-state index is -0.321. The molecule has 2 unspecified atom stereocenters. The maximum absolute atomic E-state index is 12.1. The van der Waals surface area contributed by atoms with Crippen molar-refractivity contribution in [2.45, 2.75) is 38.3 Å². The number of hydrogen-bond donors (Lipinski definition) is 2. The van der Waals surface area contributed by atoms with Crippen LogP contribution >= 0.6 is 0 Å². The Balaban J connectivity index is 1.99. The number of hydrogen-bond acceptors (Lipinski definition) is 3. The van der Waals surface area contributed by atoms with E-state index in [1.165, 1.54) is 0 Å². The van der Waals surface area contributed by atoms with E-state index in [4.69, 9.17) is 9.84 Å². The van der Waals surface area contributed by atoms with Gasteiger partial charge in [0.1, 0.15) is 12.7 Å². The molecule has 0 radical (unpaired) electrons. The van der Waals surface area contributed by atoms with Gasteiger partial charge in [0.2, 0.25) is 5.91 Å². The predicted octanol–water partition coefficient (Wildman–Crippen LogP) is 1.78. The van der Waals surface area contributed by atoms with Gasteiger partial charge in [-0.2, -0.15) is 0 Å². The van der Waals surface area contributed by atoms with Gasteiger partial charge in [-0.05, 0) is 43.9 Å². The second-order valence-corrected chi connectivity index (χ2v) is 5.17. The van der Waals surface area contributed by atoms with E-state index >= 15 is 0 Å². The number of carbonyl (C=O) groups is 1. The summed E-state index contributed by atoms with van der Waals surface area (Å²) in [5, 5.41) is 11.7. The van der Waals surface area contributed by atoms with Crippen LogP contribution in [0.15, 0.2) is 24.3 Å². The Bertz CT molecular complexity index is 538. The van der Waals surface area contributed by atoms with Crippen molar-refractivity contribution in [3.05, 3.63) is 35.4 Å². The van der Waals surface area contributed by atoms with Crippen molar-refractivity contribution in [3.63, 3.8) is 0 Å². The molecule has 21 heavy (non-hydrogen) atoms. The van der Waals surface area contributed by atoms with Crippen LogP contribution in [0.5, 0.6) is 0 Å². The molecule has 1 heterocycles. The lowest BCUT2D eigenvalue weighted by Gasteiger charge is -2.24. The summed E-state index contributed by atoms with van der Waals surface area (Å²) in [6.45, 7) is 2.45. The van der Waals surface area contributed by atoms with Gasteiger partial charge in [-0.3, -0.25) is 4.79 Å². The van der Waals surface area contributed by atoms with Crippen LogP contribution in [0.3, 0.4) is 0 Å².